The Morgan fingerprint density at radius 1 is 1.45 bits per heavy atom. The predicted octanol–water partition coefficient (Wildman–Crippen LogP) is 2.25. The summed E-state index contributed by atoms with van der Waals surface area (Å²) in [4.78, 5) is 16.9. The van der Waals surface area contributed by atoms with Gasteiger partial charge in [-0.2, -0.15) is 11.8 Å². The summed E-state index contributed by atoms with van der Waals surface area (Å²) in [5, 5.41) is 10.1. The molecule has 0 aliphatic heterocycles. The molecule has 0 radical (unpaired) electrons. The third kappa shape index (κ3) is 3.04. The standard InChI is InChI=1S/C15H20N2O2S/c1-3-11-4-5-14-13(8-11)15(19)17(10-16-14)12(9-18)6-7-20-2/h4-5,8,10,12,18H,3,6-7,9H2,1-2H3. The van der Waals surface area contributed by atoms with E-state index in [0.29, 0.717) is 10.9 Å². The summed E-state index contributed by atoms with van der Waals surface area (Å²) in [7, 11) is 0. The molecule has 108 valence electrons. The maximum Gasteiger partial charge on any atom is 0.261 e. The van der Waals surface area contributed by atoms with Gasteiger partial charge in [0.2, 0.25) is 0 Å². The SMILES string of the molecule is CCc1ccc2ncn(C(CO)CCSC)c(=O)c2c1. The average Bonchev–Trinajstić information content (AvgIpc) is 2.49. The number of nitrogens with zero attached hydrogens (tertiary/aromatic N) is 2. The Hall–Kier alpha value is -1.33. The molecular formula is C15H20N2O2S. The molecule has 0 saturated heterocycles. The molecule has 1 unspecified atom stereocenters. The third-order valence-corrected chi connectivity index (χ3v) is 4.16. The van der Waals surface area contributed by atoms with E-state index in [-0.39, 0.29) is 18.2 Å². The summed E-state index contributed by atoms with van der Waals surface area (Å²) in [5.41, 5.74) is 1.77. The highest BCUT2D eigenvalue weighted by atomic mass is 32.2. The zero-order valence-electron chi connectivity index (χ0n) is 11.9. The van der Waals surface area contributed by atoms with Gasteiger partial charge in [0.1, 0.15) is 0 Å². The van der Waals surface area contributed by atoms with Gasteiger partial charge >= 0.3 is 0 Å². The summed E-state index contributed by atoms with van der Waals surface area (Å²) in [6, 6.07) is 5.59. The quantitative estimate of drug-likeness (QED) is 0.887. The van der Waals surface area contributed by atoms with E-state index >= 15 is 0 Å². The minimum atomic E-state index is -0.197. The molecule has 0 amide bonds. The Morgan fingerprint density at radius 2 is 2.25 bits per heavy atom. The smallest absolute Gasteiger partial charge is 0.261 e. The van der Waals surface area contributed by atoms with E-state index < -0.39 is 0 Å². The minimum Gasteiger partial charge on any atom is -0.394 e. The number of benzene rings is 1. The van der Waals surface area contributed by atoms with Gasteiger partial charge in [0.05, 0.1) is 29.9 Å². The van der Waals surface area contributed by atoms with Gasteiger partial charge < -0.3 is 5.11 Å². The normalized spacial score (nSPS) is 12.8. The average molecular weight is 292 g/mol. The highest BCUT2D eigenvalue weighted by molar-refractivity contribution is 7.98. The third-order valence-electron chi connectivity index (χ3n) is 3.51. The summed E-state index contributed by atoms with van der Waals surface area (Å²) in [5.74, 6) is 0.907. The van der Waals surface area contributed by atoms with Gasteiger partial charge in [-0.25, -0.2) is 4.98 Å². The number of aliphatic hydroxyl groups excluding tert-OH is 1. The monoisotopic (exact) mass is 292 g/mol. The van der Waals surface area contributed by atoms with Crippen molar-refractivity contribution in [3.05, 3.63) is 40.4 Å². The summed E-state index contributed by atoms with van der Waals surface area (Å²) in [6.45, 7) is 2.02. The van der Waals surface area contributed by atoms with E-state index in [2.05, 4.69) is 11.9 Å². The van der Waals surface area contributed by atoms with Crippen LogP contribution in [0.1, 0.15) is 24.9 Å². The number of hydrogen-bond acceptors (Lipinski definition) is 4. The van der Waals surface area contributed by atoms with E-state index in [1.165, 1.54) is 0 Å². The van der Waals surface area contributed by atoms with Crippen LogP contribution < -0.4 is 5.56 Å². The highest BCUT2D eigenvalue weighted by Crippen LogP contribution is 2.15. The first-order valence-corrected chi connectivity index (χ1v) is 8.20. The Kier molecular flexibility index (Phi) is 5.20. The van der Waals surface area contributed by atoms with E-state index in [1.807, 2.05) is 24.5 Å². The molecule has 5 heteroatoms. The highest BCUT2D eigenvalue weighted by Gasteiger charge is 2.13. The zero-order valence-corrected chi connectivity index (χ0v) is 12.7. The Balaban J connectivity index is 2.49. The van der Waals surface area contributed by atoms with Crippen LogP contribution in [0.5, 0.6) is 0 Å². The number of aryl methyl sites for hydroxylation is 1. The van der Waals surface area contributed by atoms with Gasteiger partial charge in [-0.1, -0.05) is 13.0 Å². The molecule has 4 nitrogen and oxygen atoms in total. The van der Waals surface area contributed by atoms with Crippen LogP contribution in [-0.4, -0.2) is 33.3 Å². The van der Waals surface area contributed by atoms with Crippen LogP contribution in [0.15, 0.2) is 29.3 Å². The lowest BCUT2D eigenvalue weighted by molar-refractivity contribution is 0.222. The maximum absolute atomic E-state index is 12.6. The first-order chi connectivity index (χ1) is 9.71. The number of hydrogen-bond donors (Lipinski definition) is 1. The van der Waals surface area contributed by atoms with Crippen LogP contribution in [-0.2, 0) is 6.42 Å². The molecule has 20 heavy (non-hydrogen) atoms. The zero-order chi connectivity index (χ0) is 14.5. The van der Waals surface area contributed by atoms with Crippen LogP contribution in [0, 0.1) is 0 Å². The van der Waals surface area contributed by atoms with Crippen molar-refractivity contribution in [1.82, 2.24) is 9.55 Å². The lowest BCUT2D eigenvalue weighted by Crippen LogP contribution is -2.27. The van der Waals surface area contributed by atoms with E-state index in [0.717, 1.165) is 24.2 Å². The Morgan fingerprint density at radius 3 is 2.90 bits per heavy atom. The fraction of sp³-hybridized carbons (Fsp3) is 0.467. The van der Waals surface area contributed by atoms with Crippen molar-refractivity contribution >= 4 is 22.7 Å². The molecule has 1 aromatic heterocycles. The van der Waals surface area contributed by atoms with Gasteiger partial charge in [0.25, 0.3) is 5.56 Å². The molecule has 0 spiro atoms. The van der Waals surface area contributed by atoms with Crippen molar-refractivity contribution < 1.29 is 5.11 Å². The van der Waals surface area contributed by atoms with Crippen molar-refractivity contribution in [3.8, 4) is 0 Å². The van der Waals surface area contributed by atoms with Crippen LogP contribution in [0.3, 0.4) is 0 Å². The Labute approximate surface area is 122 Å². The van der Waals surface area contributed by atoms with Crippen LogP contribution in [0.25, 0.3) is 10.9 Å². The van der Waals surface area contributed by atoms with Crippen molar-refractivity contribution in [1.29, 1.82) is 0 Å². The van der Waals surface area contributed by atoms with Crippen molar-refractivity contribution in [2.24, 2.45) is 0 Å². The van der Waals surface area contributed by atoms with E-state index in [4.69, 9.17) is 0 Å². The number of fused-ring (bicyclic) bond motifs is 1. The summed E-state index contributed by atoms with van der Waals surface area (Å²) >= 11 is 1.71. The second kappa shape index (κ2) is 6.90. The first kappa shape index (κ1) is 15.1. The van der Waals surface area contributed by atoms with Crippen molar-refractivity contribution in [2.45, 2.75) is 25.8 Å². The van der Waals surface area contributed by atoms with Gasteiger partial charge in [0.15, 0.2) is 0 Å². The molecule has 1 atom stereocenters. The second-order valence-electron chi connectivity index (χ2n) is 4.78. The molecule has 2 rings (SSSR count). The Bertz CT molecular complexity index is 639. The molecule has 0 fully saturated rings. The van der Waals surface area contributed by atoms with Gasteiger partial charge in [-0.15, -0.1) is 0 Å². The largest absolute Gasteiger partial charge is 0.394 e. The predicted molar refractivity (Wildman–Crippen MR) is 84.5 cm³/mol. The molecule has 1 N–H and O–H groups in total. The fourth-order valence-corrected chi connectivity index (χ4v) is 2.74. The number of thioether (sulfide) groups is 1. The van der Waals surface area contributed by atoms with Gasteiger partial charge in [0, 0.05) is 0 Å². The van der Waals surface area contributed by atoms with Crippen molar-refractivity contribution in [3.63, 3.8) is 0 Å². The first-order valence-electron chi connectivity index (χ1n) is 6.80. The van der Waals surface area contributed by atoms with E-state index in [9.17, 15) is 9.90 Å². The summed E-state index contributed by atoms with van der Waals surface area (Å²) < 4.78 is 1.57. The molecule has 2 aromatic rings. The van der Waals surface area contributed by atoms with Gasteiger partial charge in [-0.05, 0) is 42.5 Å². The second-order valence-corrected chi connectivity index (χ2v) is 5.77. The fourth-order valence-electron chi connectivity index (χ4n) is 2.24. The molecular weight excluding hydrogens is 272 g/mol. The lowest BCUT2D eigenvalue weighted by atomic mass is 10.1. The minimum absolute atomic E-state index is 0.0406. The van der Waals surface area contributed by atoms with Crippen LogP contribution >= 0.6 is 11.8 Å². The maximum atomic E-state index is 12.6. The molecule has 0 aliphatic rings. The van der Waals surface area contributed by atoms with Gasteiger partial charge in [-0.3, -0.25) is 9.36 Å². The lowest BCUT2D eigenvalue weighted by Gasteiger charge is -2.17. The van der Waals surface area contributed by atoms with Crippen LogP contribution in [0.4, 0.5) is 0 Å². The topological polar surface area (TPSA) is 55.1 Å². The summed E-state index contributed by atoms with van der Waals surface area (Å²) in [6.07, 6.45) is 5.22. The van der Waals surface area contributed by atoms with E-state index in [1.54, 1.807) is 22.7 Å². The number of rotatable bonds is 6. The number of aliphatic hydroxyl groups is 1. The number of aromatic nitrogens is 2. The van der Waals surface area contributed by atoms with Crippen molar-refractivity contribution in [2.75, 3.05) is 18.6 Å². The molecule has 0 saturated carbocycles. The molecule has 1 aromatic carbocycles. The van der Waals surface area contributed by atoms with Crippen LogP contribution in [0.2, 0.25) is 0 Å². The molecule has 0 bridgehead atoms. The molecule has 1 heterocycles. The molecule has 0 aliphatic carbocycles.